The van der Waals surface area contributed by atoms with Gasteiger partial charge in [0, 0.05) is 30.5 Å². The summed E-state index contributed by atoms with van der Waals surface area (Å²) in [6, 6.07) is 0. The second-order valence-electron chi connectivity index (χ2n) is 7.02. The summed E-state index contributed by atoms with van der Waals surface area (Å²) in [5.74, 6) is -0.622. The Morgan fingerprint density at radius 1 is 1.00 bits per heavy atom. The Morgan fingerprint density at radius 2 is 1.55 bits per heavy atom. The molecular weight excluding hydrogens is 258 g/mol. The Morgan fingerprint density at radius 3 is 2.15 bits per heavy atom. The number of fused-ring (bicyclic) bond motifs is 9. The number of rotatable bonds is 0. The number of hydrogen-bond acceptors (Lipinski definition) is 5. The highest BCUT2D eigenvalue weighted by molar-refractivity contribution is 5.77. The monoisotopic (exact) mass is 283 g/mol. The molecule has 0 N–H and O–H groups in total. The number of piperidine rings is 1. The molecule has 20 heavy (non-hydrogen) atoms. The fourth-order valence-corrected chi connectivity index (χ4v) is 3.69. The van der Waals surface area contributed by atoms with Crippen LogP contribution >= 0.6 is 0 Å². The molecule has 0 atom stereocenters. The molecule has 114 valence electrons. The highest BCUT2D eigenvalue weighted by Crippen LogP contribution is 2.39. The fourth-order valence-electron chi connectivity index (χ4n) is 3.69. The lowest BCUT2D eigenvalue weighted by Gasteiger charge is -2.54. The van der Waals surface area contributed by atoms with E-state index in [4.69, 9.17) is 9.47 Å². The van der Waals surface area contributed by atoms with E-state index in [1.807, 2.05) is 0 Å². The summed E-state index contributed by atoms with van der Waals surface area (Å²) in [5.41, 5.74) is -0.170. The van der Waals surface area contributed by atoms with Crippen LogP contribution in [-0.4, -0.2) is 47.2 Å². The van der Waals surface area contributed by atoms with E-state index in [2.05, 4.69) is 32.6 Å². The molecule has 0 radical (unpaired) electrons. The maximum atomic E-state index is 11.8. The molecule has 3 aliphatic heterocycles. The first-order chi connectivity index (χ1) is 9.21. The van der Waals surface area contributed by atoms with Crippen molar-refractivity contribution < 1.29 is 19.1 Å². The molecule has 5 heteroatoms. The summed E-state index contributed by atoms with van der Waals surface area (Å²) in [7, 11) is 0. The zero-order valence-electron chi connectivity index (χ0n) is 12.9. The van der Waals surface area contributed by atoms with Gasteiger partial charge >= 0.3 is 11.9 Å². The third kappa shape index (κ3) is 3.32. The zero-order chi connectivity index (χ0) is 15.0. The van der Waals surface area contributed by atoms with Crippen LogP contribution in [0.5, 0.6) is 0 Å². The molecule has 3 aliphatic rings. The van der Waals surface area contributed by atoms with Gasteiger partial charge in [0.25, 0.3) is 0 Å². The summed E-state index contributed by atoms with van der Waals surface area (Å²) < 4.78 is 10.8. The number of hydrogen-bond donors (Lipinski definition) is 0. The minimum atomic E-state index is -0.324. The van der Waals surface area contributed by atoms with Crippen molar-refractivity contribution in [1.82, 2.24) is 4.90 Å². The lowest BCUT2D eigenvalue weighted by Crippen LogP contribution is -2.63. The van der Waals surface area contributed by atoms with Crippen LogP contribution in [0.1, 0.15) is 53.4 Å². The lowest BCUT2D eigenvalue weighted by atomic mass is 9.78. The molecule has 0 aromatic carbocycles. The molecule has 3 saturated heterocycles. The van der Waals surface area contributed by atoms with Crippen molar-refractivity contribution in [2.75, 3.05) is 13.2 Å². The Kier molecular flexibility index (Phi) is 4.09. The first-order valence-electron chi connectivity index (χ1n) is 7.34. The standard InChI is InChI=1S/C15H25NO4/c1-14(2)9-11-10-15(3,4)16(14)7-8-19-12(17)5-6-13(18)20-11/h11H,5-10H2,1-4H3. The van der Waals surface area contributed by atoms with E-state index < -0.39 is 0 Å². The molecule has 0 aromatic heterocycles. The van der Waals surface area contributed by atoms with Crippen molar-refractivity contribution in [1.29, 1.82) is 0 Å². The summed E-state index contributed by atoms with van der Waals surface area (Å²) in [5, 5.41) is 0. The molecule has 3 rings (SSSR count). The first kappa shape index (κ1) is 15.3. The Hall–Kier alpha value is -1.10. The van der Waals surface area contributed by atoms with Gasteiger partial charge in [-0.15, -0.1) is 0 Å². The van der Waals surface area contributed by atoms with Gasteiger partial charge in [0.05, 0.1) is 12.8 Å². The second-order valence-corrected chi connectivity index (χ2v) is 7.02. The average Bonchev–Trinajstić information content (AvgIpc) is 2.27. The minimum absolute atomic E-state index is 0.0702. The first-order valence-corrected chi connectivity index (χ1v) is 7.34. The van der Waals surface area contributed by atoms with Crippen LogP contribution in [0.2, 0.25) is 0 Å². The van der Waals surface area contributed by atoms with E-state index in [1.165, 1.54) is 0 Å². The van der Waals surface area contributed by atoms with Crippen molar-refractivity contribution in [3.8, 4) is 0 Å². The molecule has 0 spiro atoms. The van der Waals surface area contributed by atoms with Crippen LogP contribution in [0.3, 0.4) is 0 Å². The number of carbonyl (C=O) groups excluding carboxylic acids is 2. The second kappa shape index (κ2) is 5.35. The highest BCUT2D eigenvalue weighted by Gasteiger charge is 2.46. The summed E-state index contributed by atoms with van der Waals surface area (Å²) in [6.07, 6.45) is 1.78. The van der Waals surface area contributed by atoms with Gasteiger partial charge in [-0.25, -0.2) is 0 Å². The molecule has 0 aromatic rings. The fraction of sp³-hybridized carbons (Fsp3) is 0.867. The lowest BCUT2D eigenvalue weighted by molar-refractivity contribution is -0.167. The van der Waals surface area contributed by atoms with Gasteiger partial charge in [0.15, 0.2) is 0 Å². The molecule has 5 nitrogen and oxygen atoms in total. The predicted molar refractivity (Wildman–Crippen MR) is 74.2 cm³/mol. The van der Waals surface area contributed by atoms with Gasteiger partial charge in [-0.3, -0.25) is 14.5 Å². The predicted octanol–water partition coefficient (Wildman–Crippen LogP) is 1.89. The molecule has 0 saturated carbocycles. The Balaban J connectivity index is 2.23. The van der Waals surface area contributed by atoms with Crippen LogP contribution in [0.4, 0.5) is 0 Å². The van der Waals surface area contributed by atoms with E-state index in [1.54, 1.807) is 0 Å². The van der Waals surface area contributed by atoms with Gasteiger partial charge in [0.2, 0.25) is 0 Å². The summed E-state index contributed by atoms with van der Waals surface area (Å²) >= 11 is 0. The Labute approximate surface area is 120 Å². The quantitative estimate of drug-likeness (QED) is 0.635. The van der Waals surface area contributed by atoms with E-state index >= 15 is 0 Å². The van der Waals surface area contributed by atoms with Gasteiger partial charge < -0.3 is 9.47 Å². The molecule has 0 unspecified atom stereocenters. The van der Waals surface area contributed by atoms with Crippen molar-refractivity contribution in [3.63, 3.8) is 0 Å². The van der Waals surface area contributed by atoms with Crippen LogP contribution in [0, 0.1) is 0 Å². The topological polar surface area (TPSA) is 55.8 Å². The van der Waals surface area contributed by atoms with Gasteiger partial charge in [0.1, 0.15) is 12.7 Å². The van der Waals surface area contributed by atoms with Gasteiger partial charge in [-0.2, -0.15) is 0 Å². The van der Waals surface area contributed by atoms with E-state index in [0.717, 1.165) is 12.8 Å². The third-order valence-electron chi connectivity index (χ3n) is 4.33. The van der Waals surface area contributed by atoms with Crippen molar-refractivity contribution >= 4 is 11.9 Å². The average molecular weight is 283 g/mol. The van der Waals surface area contributed by atoms with Crippen molar-refractivity contribution in [3.05, 3.63) is 0 Å². The van der Waals surface area contributed by atoms with Crippen molar-refractivity contribution in [2.45, 2.75) is 70.6 Å². The van der Waals surface area contributed by atoms with E-state index in [9.17, 15) is 9.59 Å². The molecule has 2 bridgehead atoms. The van der Waals surface area contributed by atoms with Crippen LogP contribution in [0.25, 0.3) is 0 Å². The van der Waals surface area contributed by atoms with E-state index in [0.29, 0.717) is 13.2 Å². The SMILES string of the molecule is CC1(C)CC2CC(C)(C)N1CCOC(=O)CCC(=O)O2. The minimum Gasteiger partial charge on any atom is -0.464 e. The van der Waals surface area contributed by atoms with Crippen LogP contribution < -0.4 is 0 Å². The molecule has 0 aliphatic carbocycles. The van der Waals surface area contributed by atoms with Crippen molar-refractivity contribution in [2.24, 2.45) is 0 Å². The molecule has 0 amide bonds. The smallest absolute Gasteiger partial charge is 0.306 e. The third-order valence-corrected chi connectivity index (χ3v) is 4.33. The molecule has 3 fully saturated rings. The number of nitrogens with zero attached hydrogens (tertiary/aromatic N) is 1. The van der Waals surface area contributed by atoms with Gasteiger partial charge in [-0.05, 0) is 27.7 Å². The molecule has 3 heterocycles. The maximum Gasteiger partial charge on any atom is 0.306 e. The number of esters is 2. The number of ether oxygens (including phenoxy) is 2. The number of carbonyl (C=O) groups is 2. The molecular formula is C15H25NO4. The summed E-state index contributed by atoms with van der Waals surface area (Å²) in [6.45, 7) is 9.72. The van der Waals surface area contributed by atoms with Crippen LogP contribution in [0.15, 0.2) is 0 Å². The maximum absolute atomic E-state index is 11.8. The summed E-state index contributed by atoms with van der Waals surface area (Å²) in [4.78, 5) is 25.7. The largest absolute Gasteiger partial charge is 0.464 e. The normalized spacial score (nSPS) is 33.6. The highest BCUT2D eigenvalue weighted by atomic mass is 16.5. The van der Waals surface area contributed by atoms with Gasteiger partial charge in [-0.1, -0.05) is 0 Å². The Bertz CT molecular complexity index is 385. The van der Waals surface area contributed by atoms with Crippen LogP contribution in [-0.2, 0) is 19.1 Å². The van der Waals surface area contributed by atoms with E-state index in [-0.39, 0.29) is 42.0 Å². The zero-order valence-corrected chi connectivity index (χ0v) is 12.9.